The molecule has 0 aliphatic carbocycles. The molecule has 0 bridgehead atoms. The first-order valence-corrected chi connectivity index (χ1v) is 5.81. The Bertz CT molecular complexity index is 396. The van der Waals surface area contributed by atoms with Crippen molar-refractivity contribution in [3.8, 4) is 0 Å². The van der Waals surface area contributed by atoms with Crippen molar-refractivity contribution in [2.45, 2.75) is 18.5 Å². The third kappa shape index (κ3) is 2.82. The van der Waals surface area contributed by atoms with Crippen LogP contribution < -0.4 is 0 Å². The van der Waals surface area contributed by atoms with Crippen LogP contribution in [0.4, 0.5) is 0 Å². The maximum absolute atomic E-state index is 11.2. The molecule has 10 heteroatoms. The molecule has 0 aromatic rings. The van der Waals surface area contributed by atoms with Crippen molar-refractivity contribution in [3.05, 3.63) is 0 Å². The van der Waals surface area contributed by atoms with Crippen molar-refractivity contribution < 1.29 is 44.1 Å². The van der Waals surface area contributed by atoms with Crippen LogP contribution in [-0.4, -0.2) is 48.2 Å². The zero-order chi connectivity index (χ0) is 14.0. The van der Waals surface area contributed by atoms with Gasteiger partial charge in [-0.2, -0.15) is 0 Å². The molecule has 0 radical (unpaired) electrons. The van der Waals surface area contributed by atoms with Crippen molar-refractivity contribution in [1.29, 1.82) is 0 Å². The van der Waals surface area contributed by atoms with Crippen molar-refractivity contribution in [2.24, 2.45) is 5.92 Å². The average Bonchev–Trinajstić information content (AvgIpc) is 2.09. The van der Waals surface area contributed by atoms with Gasteiger partial charge in [0.25, 0.3) is 0 Å². The second-order valence-electron chi connectivity index (χ2n) is 3.40. The minimum Gasteiger partial charge on any atom is -0.481 e. The molecule has 0 fully saturated rings. The molecule has 0 aliphatic rings. The van der Waals surface area contributed by atoms with Gasteiger partial charge in [-0.1, -0.05) is 6.92 Å². The van der Waals surface area contributed by atoms with Gasteiger partial charge < -0.3 is 25.1 Å². The lowest BCUT2D eigenvalue weighted by molar-refractivity contribution is -0.155. The fourth-order valence-corrected chi connectivity index (χ4v) is 2.53. The minimum atomic E-state index is -5.49. The van der Waals surface area contributed by atoms with E-state index in [0.29, 0.717) is 0 Å². The Balaban J connectivity index is 5.92. The summed E-state index contributed by atoms with van der Waals surface area (Å²) >= 11 is 0. The quantitative estimate of drug-likeness (QED) is 0.387. The van der Waals surface area contributed by atoms with Gasteiger partial charge in [-0.05, 0) is 0 Å². The zero-order valence-electron chi connectivity index (χ0n) is 8.60. The lowest BCUT2D eigenvalue weighted by Gasteiger charge is -2.31. The Kier molecular flexibility index (Phi) is 4.41. The van der Waals surface area contributed by atoms with Gasteiger partial charge in [-0.25, -0.2) is 0 Å². The molecule has 0 aromatic heterocycles. The smallest absolute Gasteiger partial charge is 0.344 e. The highest BCUT2D eigenvalue weighted by atomic mass is 31.2. The molecule has 0 heterocycles. The van der Waals surface area contributed by atoms with Crippen LogP contribution in [0.15, 0.2) is 0 Å². The highest BCUT2D eigenvalue weighted by Crippen LogP contribution is 2.56. The van der Waals surface area contributed by atoms with Gasteiger partial charge in [-0.15, -0.1) is 0 Å². The van der Waals surface area contributed by atoms with Crippen LogP contribution >= 0.6 is 7.60 Å². The summed E-state index contributed by atoms with van der Waals surface area (Å²) < 4.78 is 11.2. The number of carboxylic acid groups (broad SMARTS) is 3. The summed E-state index contributed by atoms with van der Waals surface area (Å²) in [6, 6.07) is 0. The van der Waals surface area contributed by atoms with Crippen LogP contribution in [-0.2, 0) is 18.9 Å². The SMILES string of the molecule is CC(C(=O)O)C(CC(=O)O)(C(=O)O)P(=O)(O)O. The molecule has 0 aromatic carbocycles. The van der Waals surface area contributed by atoms with Gasteiger partial charge in [0.1, 0.15) is 0 Å². The molecule has 0 aliphatic heterocycles. The second-order valence-corrected chi connectivity index (χ2v) is 5.29. The number of hydrogen-bond donors (Lipinski definition) is 5. The Morgan fingerprint density at radius 3 is 1.76 bits per heavy atom. The predicted molar refractivity (Wildman–Crippen MR) is 51.5 cm³/mol. The monoisotopic (exact) mass is 270 g/mol. The van der Waals surface area contributed by atoms with Crippen molar-refractivity contribution in [2.75, 3.05) is 0 Å². The topological polar surface area (TPSA) is 169 Å². The van der Waals surface area contributed by atoms with E-state index in [-0.39, 0.29) is 0 Å². The zero-order valence-corrected chi connectivity index (χ0v) is 9.50. The molecule has 2 atom stereocenters. The first-order chi connectivity index (χ1) is 7.46. The van der Waals surface area contributed by atoms with Gasteiger partial charge in [0, 0.05) is 0 Å². The fourth-order valence-electron chi connectivity index (χ4n) is 1.33. The summed E-state index contributed by atoms with van der Waals surface area (Å²) in [5, 5.41) is 22.8. The lowest BCUT2D eigenvalue weighted by atomic mass is 9.90. The van der Waals surface area contributed by atoms with E-state index in [0.717, 1.165) is 6.92 Å². The van der Waals surface area contributed by atoms with E-state index in [2.05, 4.69) is 0 Å². The maximum Gasteiger partial charge on any atom is 0.344 e. The molecule has 9 nitrogen and oxygen atoms in total. The highest BCUT2D eigenvalue weighted by Gasteiger charge is 2.61. The van der Waals surface area contributed by atoms with E-state index in [1.54, 1.807) is 0 Å². The summed E-state index contributed by atoms with van der Waals surface area (Å²) in [6.45, 7) is 0.735. The highest BCUT2D eigenvalue weighted by molar-refractivity contribution is 7.55. The van der Waals surface area contributed by atoms with Gasteiger partial charge >= 0.3 is 25.5 Å². The van der Waals surface area contributed by atoms with E-state index >= 15 is 0 Å². The summed E-state index contributed by atoms with van der Waals surface area (Å²) in [4.78, 5) is 50.0. The lowest BCUT2D eigenvalue weighted by Crippen LogP contribution is -2.49. The average molecular weight is 270 g/mol. The third-order valence-electron chi connectivity index (χ3n) is 2.40. The molecule has 0 saturated carbocycles. The van der Waals surface area contributed by atoms with Crippen LogP contribution in [0, 0.1) is 5.92 Å². The minimum absolute atomic E-state index is 0.735. The van der Waals surface area contributed by atoms with Crippen molar-refractivity contribution in [1.82, 2.24) is 0 Å². The van der Waals surface area contributed by atoms with E-state index in [4.69, 9.17) is 25.1 Å². The van der Waals surface area contributed by atoms with Crippen LogP contribution in [0.5, 0.6) is 0 Å². The molecule has 2 unspecified atom stereocenters. The van der Waals surface area contributed by atoms with Gasteiger partial charge in [0.05, 0.1) is 12.3 Å². The normalized spacial score (nSPS) is 16.9. The molecular weight excluding hydrogens is 259 g/mol. The van der Waals surface area contributed by atoms with E-state index in [9.17, 15) is 18.9 Å². The van der Waals surface area contributed by atoms with E-state index < -0.39 is 43.0 Å². The number of aliphatic carboxylic acids is 3. The summed E-state index contributed by atoms with van der Waals surface area (Å²) in [6.07, 6.45) is -1.49. The van der Waals surface area contributed by atoms with E-state index in [1.165, 1.54) is 0 Å². The molecule has 5 N–H and O–H groups in total. The van der Waals surface area contributed by atoms with Crippen LogP contribution in [0.25, 0.3) is 0 Å². The Hall–Kier alpha value is -1.44. The molecular formula is C7H11O9P. The van der Waals surface area contributed by atoms with E-state index in [1.807, 2.05) is 0 Å². The predicted octanol–water partition coefficient (Wildman–Crippen LogP) is -0.817. The Morgan fingerprint density at radius 2 is 1.59 bits per heavy atom. The standard InChI is InChI=1S/C7H11O9P/c1-3(5(10)11)7(6(12)13,2-4(8)9)17(14,15)16/h3H,2H2,1H3,(H,8,9)(H,10,11)(H,12,13)(H2,14,15,16). The van der Waals surface area contributed by atoms with Crippen molar-refractivity contribution in [3.63, 3.8) is 0 Å². The van der Waals surface area contributed by atoms with Crippen LogP contribution in [0.2, 0.25) is 0 Å². The number of hydrogen-bond acceptors (Lipinski definition) is 4. The summed E-state index contributed by atoms with van der Waals surface area (Å²) in [7, 11) is -5.49. The first kappa shape index (κ1) is 15.6. The number of carboxylic acids is 3. The molecule has 98 valence electrons. The van der Waals surface area contributed by atoms with Gasteiger partial charge in [-0.3, -0.25) is 18.9 Å². The van der Waals surface area contributed by atoms with Crippen molar-refractivity contribution >= 4 is 25.5 Å². The second kappa shape index (κ2) is 4.82. The first-order valence-electron chi connectivity index (χ1n) is 4.20. The van der Waals surface area contributed by atoms with Gasteiger partial charge in [0.2, 0.25) is 0 Å². The maximum atomic E-state index is 11.2. The van der Waals surface area contributed by atoms with Gasteiger partial charge in [0.15, 0.2) is 5.16 Å². The molecule has 0 amide bonds. The molecule has 0 rings (SSSR count). The fraction of sp³-hybridized carbons (Fsp3) is 0.571. The number of carbonyl (C=O) groups is 3. The Morgan fingerprint density at radius 1 is 1.18 bits per heavy atom. The largest absolute Gasteiger partial charge is 0.481 e. The summed E-state index contributed by atoms with van der Waals surface area (Å²) in [5.74, 6) is -7.85. The van der Waals surface area contributed by atoms with Crippen LogP contribution in [0.1, 0.15) is 13.3 Å². The molecule has 0 saturated heterocycles. The summed E-state index contributed by atoms with van der Waals surface area (Å²) in [5.41, 5.74) is 0. The molecule has 17 heavy (non-hydrogen) atoms. The Labute approximate surface area is 94.8 Å². The number of rotatable bonds is 6. The molecule has 0 spiro atoms. The van der Waals surface area contributed by atoms with Crippen LogP contribution in [0.3, 0.4) is 0 Å². The third-order valence-corrected chi connectivity index (χ3v) is 4.17.